The molecule has 3 atom stereocenters. The minimum absolute atomic E-state index is 0.00502. The van der Waals surface area contributed by atoms with E-state index in [0.29, 0.717) is 22.5 Å². The molecule has 2 aromatic carbocycles. The molecule has 2 unspecified atom stereocenters. The summed E-state index contributed by atoms with van der Waals surface area (Å²) in [7, 11) is 1.43. The Labute approximate surface area is 265 Å². The Morgan fingerprint density at radius 3 is 1.93 bits per heavy atom. The molecular formula is C30H38N4O12. The third-order valence-corrected chi connectivity index (χ3v) is 6.60. The number of aryl methyl sites for hydroxylation is 2. The molecule has 3 rings (SSSR count). The third-order valence-electron chi connectivity index (χ3n) is 6.60. The first kappa shape index (κ1) is 36.4. The number of benzene rings is 2. The number of ether oxygens (including phenoxy) is 4. The maximum atomic E-state index is 14.0. The molecule has 0 radical (unpaired) electrons. The molecule has 0 aliphatic carbocycles. The Kier molecular flexibility index (Phi) is 13.9. The Hall–Kier alpha value is -4.10. The molecule has 0 saturated heterocycles. The lowest BCUT2D eigenvalue weighted by atomic mass is 9.81. The zero-order chi connectivity index (χ0) is 33.7. The lowest BCUT2D eigenvalue weighted by Gasteiger charge is -2.38. The zero-order valence-electron chi connectivity index (χ0n) is 25.8. The number of rotatable bonds is 18. The number of hydrogen-bond donors (Lipinski definition) is 4. The normalized spacial score (nSPS) is 13.7. The molecule has 0 saturated carbocycles. The van der Waals surface area contributed by atoms with E-state index in [2.05, 4.69) is 19.6 Å². The summed E-state index contributed by atoms with van der Waals surface area (Å²) in [6.07, 6.45) is -4.09. The highest BCUT2D eigenvalue weighted by Crippen LogP contribution is 2.39. The monoisotopic (exact) mass is 646 g/mol. The van der Waals surface area contributed by atoms with Gasteiger partial charge in [0.2, 0.25) is 12.4 Å². The average molecular weight is 647 g/mol. The van der Waals surface area contributed by atoms with E-state index in [0.717, 1.165) is 0 Å². The van der Waals surface area contributed by atoms with Gasteiger partial charge in [-0.25, -0.2) is 24.4 Å². The number of carbonyl (C=O) groups is 2. The largest absolute Gasteiger partial charge is 0.444 e. The van der Waals surface area contributed by atoms with Crippen molar-refractivity contribution in [3.05, 3.63) is 89.2 Å². The van der Waals surface area contributed by atoms with Gasteiger partial charge in [0.1, 0.15) is 12.7 Å². The second-order valence-corrected chi connectivity index (χ2v) is 10.0. The summed E-state index contributed by atoms with van der Waals surface area (Å²) in [6.45, 7) is 4.37. The Morgan fingerprint density at radius 2 is 1.43 bits per heavy atom. The molecule has 1 aromatic heterocycles. The standard InChI is InChI=1S/C30H38N4O12/c1-20-18-21(2)32-29(31-20)45-27(30(41-4,23-12-7-5-8-13-23)24-14-9-6-10-15-24)28(36)44-22(3)43-26(35)17-11-16-25(46-34(39)40)19-42-33(37)38/h5-10,12-15,18,22,25,27,37-40H,11,16-17,19H2,1-4H3/t22?,25?,27-/m1/s1. The van der Waals surface area contributed by atoms with Gasteiger partial charge in [-0.05, 0) is 43.9 Å². The fraction of sp³-hybridized carbons (Fsp3) is 0.400. The first-order valence-electron chi connectivity index (χ1n) is 14.1. The summed E-state index contributed by atoms with van der Waals surface area (Å²) >= 11 is 0. The quantitative estimate of drug-likeness (QED) is 0.0888. The van der Waals surface area contributed by atoms with Gasteiger partial charge in [0, 0.05) is 31.8 Å². The minimum atomic E-state index is -1.56. The lowest BCUT2D eigenvalue weighted by molar-refractivity contribution is -0.527. The van der Waals surface area contributed by atoms with Crippen molar-refractivity contribution in [2.24, 2.45) is 0 Å². The van der Waals surface area contributed by atoms with E-state index in [9.17, 15) is 9.59 Å². The molecule has 0 aliphatic heterocycles. The van der Waals surface area contributed by atoms with Crippen LogP contribution in [0.4, 0.5) is 0 Å². The van der Waals surface area contributed by atoms with E-state index >= 15 is 0 Å². The molecule has 0 fully saturated rings. The second kappa shape index (κ2) is 17.6. The lowest BCUT2D eigenvalue weighted by Crippen LogP contribution is -2.52. The van der Waals surface area contributed by atoms with Crippen LogP contribution in [-0.4, -0.2) is 85.7 Å². The molecule has 0 spiro atoms. The molecule has 16 nitrogen and oxygen atoms in total. The number of nitrogens with zero attached hydrogens (tertiary/aromatic N) is 4. The molecular weight excluding hydrogens is 608 g/mol. The van der Waals surface area contributed by atoms with Gasteiger partial charge in [-0.3, -0.25) is 25.6 Å². The predicted octanol–water partition coefficient (Wildman–Crippen LogP) is 3.43. The third kappa shape index (κ3) is 10.5. The van der Waals surface area contributed by atoms with E-state index in [1.807, 2.05) is 12.1 Å². The molecule has 1 heterocycles. The Morgan fingerprint density at radius 1 is 0.870 bits per heavy atom. The zero-order valence-corrected chi connectivity index (χ0v) is 25.8. The number of carbonyl (C=O) groups excluding carboxylic acids is 2. The van der Waals surface area contributed by atoms with E-state index in [1.165, 1.54) is 14.0 Å². The van der Waals surface area contributed by atoms with Gasteiger partial charge >= 0.3 is 17.9 Å². The topological polar surface area (TPSA) is 203 Å². The van der Waals surface area contributed by atoms with E-state index in [4.69, 9.17) is 39.8 Å². The van der Waals surface area contributed by atoms with Crippen LogP contribution in [0.5, 0.6) is 6.01 Å². The van der Waals surface area contributed by atoms with Crippen LogP contribution < -0.4 is 4.74 Å². The smallest absolute Gasteiger partial charge is 0.354 e. The van der Waals surface area contributed by atoms with Crippen molar-refractivity contribution in [2.45, 2.75) is 64.1 Å². The molecule has 0 bridgehead atoms. The summed E-state index contributed by atoms with van der Waals surface area (Å²) in [5, 5.41) is 34.0. The predicted molar refractivity (Wildman–Crippen MR) is 154 cm³/mol. The number of methoxy groups -OCH3 is 1. The van der Waals surface area contributed by atoms with Gasteiger partial charge in [-0.1, -0.05) is 60.7 Å². The van der Waals surface area contributed by atoms with Crippen molar-refractivity contribution in [1.29, 1.82) is 0 Å². The molecule has 4 N–H and O–H groups in total. The van der Waals surface area contributed by atoms with Crippen LogP contribution in [0.3, 0.4) is 0 Å². The number of aromatic nitrogens is 2. The molecule has 0 amide bonds. The highest BCUT2D eigenvalue weighted by Gasteiger charge is 2.50. The van der Waals surface area contributed by atoms with Crippen LogP contribution >= 0.6 is 0 Å². The number of hydrogen-bond acceptors (Lipinski definition) is 16. The van der Waals surface area contributed by atoms with Gasteiger partial charge in [0.05, 0.1) is 10.8 Å². The van der Waals surface area contributed by atoms with Crippen molar-refractivity contribution >= 4 is 11.9 Å². The van der Waals surface area contributed by atoms with E-state index in [-0.39, 0.29) is 25.3 Å². The fourth-order valence-electron chi connectivity index (χ4n) is 4.75. The maximum absolute atomic E-state index is 14.0. The average Bonchev–Trinajstić information content (AvgIpc) is 3.00. The van der Waals surface area contributed by atoms with E-state index in [1.54, 1.807) is 68.4 Å². The van der Waals surface area contributed by atoms with Crippen LogP contribution in [0.2, 0.25) is 0 Å². The van der Waals surface area contributed by atoms with Gasteiger partial charge in [-0.2, -0.15) is 0 Å². The van der Waals surface area contributed by atoms with Crippen LogP contribution in [-0.2, 0) is 39.1 Å². The van der Waals surface area contributed by atoms with Crippen LogP contribution in [0, 0.1) is 13.8 Å². The summed E-state index contributed by atoms with van der Waals surface area (Å²) in [5.74, 6) is -1.69. The second-order valence-electron chi connectivity index (χ2n) is 10.0. The first-order valence-corrected chi connectivity index (χ1v) is 14.1. The summed E-state index contributed by atoms with van der Waals surface area (Å²) in [6, 6.07) is 19.6. The van der Waals surface area contributed by atoms with E-state index < -0.39 is 53.4 Å². The Balaban J connectivity index is 1.83. The maximum Gasteiger partial charge on any atom is 0.354 e. The minimum Gasteiger partial charge on any atom is -0.444 e. The van der Waals surface area contributed by atoms with Crippen molar-refractivity contribution in [2.75, 3.05) is 13.7 Å². The highest BCUT2D eigenvalue weighted by atomic mass is 17.1. The van der Waals surface area contributed by atoms with Crippen molar-refractivity contribution in [1.82, 2.24) is 20.7 Å². The van der Waals surface area contributed by atoms with Gasteiger partial charge < -0.3 is 18.9 Å². The fourth-order valence-corrected chi connectivity index (χ4v) is 4.75. The van der Waals surface area contributed by atoms with Crippen molar-refractivity contribution in [3.8, 4) is 6.01 Å². The van der Waals surface area contributed by atoms with Crippen LogP contribution in [0.25, 0.3) is 0 Å². The van der Waals surface area contributed by atoms with Crippen LogP contribution in [0.15, 0.2) is 66.7 Å². The summed E-state index contributed by atoms with van der Waals surface area (Å²) < 4.78 is 23.2. The van der Waals surface area contributed by atoms with Gasteiger partial charge in [0.25, 0.3) is 0 Å². The molecule has 46 heavy (non-hydrogen) atoms. The van der Waals surface area contributed by atoms with Gasteiger partial charge in [-0.15, -0.1) is 0 Å². The molecule has 250 valence electrons. The number of esters is 2. The summed E-state index contributed by atoms with van der Waals surface area (Å²) in [4.78, 5) is 44.3. The van der Waals surface area contributed by atoms with Crippen molar-refractivity contribution < 1.29 is 59.0 Å². The molecule has 0 aliphatic rings. The Bertz CT molecular complexity index is 1320. The SMILES string of the molecule is COC(c1ccccc1)(c1ccccc1)[C@H](Oc1nc(C)cc(C)n1)C(=O)OC(C)OC(=O)CCCC(CON(O)O)ON(O)O. The molecule has 16 heteroatoms. The first-order chi connectivity index (χ1) is 21.9. The van der Waals surface area contributed by atoms with Crippen molar-refractivity contribution in [3.63, 3.8) is 0 Å². The summed E-state index contributed by atoms with van der Waals surface area (Å²) in [5.41, 5.74) is 0.780. The van der Waals surface area contributed by atoms with Crippen LogP contribution in [0.1, 0.15) is 48.7 Å². The molecule has 3 aromatic rings. The van der Waals surface area contributed by atoms with Gasteiger partial charge in [0.15, 0.2) is 5.60 Å². The highest BCUT2D eigenvalue weighted by molar-refractivity contribution is 5.79.